The van der Waals surface area contributed by atoms with Crippen LogP contribution in [0.15, 0.2) is 54.1 Å². The van der Waals surface area contributed by atoms with Gasteiger partial charge in [0, 0.05) is 23.5 Å². The number of ether oxygens (including phenoxy) is 1. The van der Waals surface area contributed by atoms with E-state index >= 15 is 0 Å². The second kappa shape index (κ2) is 9.98. The Morgan fingerprint density at radius 2 is 1.76 bits per heavy atom. The van der Waals surface area contributed by atoms with Gasteiger partial charge in [-0.25, -0.2) is 0 Å². The molecule has 0 unspecified atom stereocenters. The SMILES string of the molecule is COc1ccc([N+](=O)[O-])cc1-n1c(C)cc(/C=C2\C(=O)NC(=S)N(c3ccc(C(C)C)cc3)C2=O)c1C. The maximum absolute atomic E-state index is 13.5. The van der Waals surface area contributed by atoms with Crippen LogP contribution in [0.2, 0.25) is 0 Å². The number of benzene rings is 2. The van der Waals surface area contributed by atoms with Gasteiger partial charge in [-0.15, -0.1) is 0 Å². The van der Waals surface area contributed by atoms with Gasteiger partial charge in [-0.05, 0) is 73.5 Å². The lowest BCUT2D eigenvalue weighted by molar-refractivity contribution is -0.384. The van der Waals surface area contributed by atoms with Gasteiger partial charge in [0.15, 0.2) is 5.11 Å². The normalized spacial score (nSPS) is 14.9. The van der Waals surface area contributed by atoms with Crippen LogP contribution in [-0.2, 0) is 9.59 Å². The number of hydrogen-bond acceptors (Lipinski definition) is 6. The standard InChI is InChI=1S/C27H26N4O5S/c1-15(2)18-6-8-20(9-7-18)30-26(33)22(25(32)28-27(30)37)13-19-12-16(3)29(17(19)4)23-14-21(31(34)35)10-11-24(23)36-5/h6-15H,1-5H3,(H,28,32,37)/b22-13+. The van der Waals surface area contributed by atoms with Gasteiger partial charge >= 0.3 is 0 Å². The quantitative estimate of drug-likeness (QED) is 0.162. The molecule has 2 heterocycles. The van der Waals surface area contributed by atoms with Gasteiger partial charge in [-0.1, -0.05) is 26.0 Å². The molecule has 37 heavy (non-hydrogen) atoms. The highest BCUT2D eigenvalue weighted by molar-refractivity contribution is 7.80. The van der Waals surface area contributed by atoms with Crippen LogP contribution in [0.3, 0.4) is 0 Å². The van der Waals surface area contributed by atoms with Gasteiger partial charge in [-0.2, -0.15) is 0 Å². The number of carbonyl (C=O) groups is 2. The summed E-state index contributed by atoms with van der Waals surface area (Å²) in [6.07, 6.45) is 1.51. The van der Waals surface area contributed by atoms with Crippen molar-refractivity contribution in [2.24, 2.45) is 0 Å². The average molecular weight is 519 g/mol. The number of aryl methyl sites for hydroxylation is 1. The molecule has 0 radical (unpaired) electrons. The van der Waals surface area contributed by atoms with Gasteiger partial charge in [0.25, 0.3) is 17.5 Å². The second-order valence-corrected chi connectivity index (χ2v) is 9.37. The molecule has 4 rings (SSSR count). The average Bonchev–Trinajstić information content (AvgIpc) is 3.13. The molecule has 1 aliphatic heterocycles. The van der Waals surface area contributed by atoms with Crippen molar-refractivity contribution >= 4 is 46.6 Å². The number of nitro groups is 1. The van der Waals surface area contributed by atoms with Crippen molar-refractivity contribution in [2.75, 3.05) is 12.0 Å². The first-order valence-electron chi connectivity index (χ1n) is 11.6. The highest BCUT2D eigenvalue weighted by Gasteiger charge is 2.35. The minimum atomic E-state index is -0.595. The van der Waals surface area contributed by atoms with Crippen molar-refractivity contribution < 1.29 is 19.2 Å². The van der Waals surface area contributed by atoms with E-state index < -0.39 is 16.7 Å². The Morgan fingerprint density at radius 3 is 2.35 bits per heavy atom. The Hall–Kier alpha value is -4.31. The Labute approximate surface area is 219 Å². The Kier molecular flexibility index (Phi) is 6.95. The van der Waals surface area contributed by atoms with E-state index in [1.807, 2.05) is 19.1 Å². The fourth-order valence-corrected chi connectivity index (χ4v) is 4.61. The van der Waals surface area contributed by atoms with Crippen molar-refractivity contribution in [3.05, 3.63) is 86.7 Å². The molecule has 0 spiro atoms. The van der Waals surface area contributed by atoms with Gasteiger partial charge in [-0.3, -0.25) is 29.9 Å². The molecule has 2 amide bonds. The highest BCUT2D eigenvalue weighted by Crippen LogP contribution is 2.33. The Bertz CT molecular complexity index is 1470. The minimum Gasteiger partial charge on any atom is -0.495 e. The second-order valence-electron chi connectivity index (χ2n) is 8.98. The summed E-state index contributed by atoms with van der Waals surface area (Å²) in [6.45, 7) is 7.78. The first-order valence-corrected chi connectivity index (χ1v) is 12.0. The van der Waals surface area contributed by atoms with Gasteiger partial charge in [0.2, 0.25) is 0 Å². The molecule has 1 N–H and O–H groups in total. The van der Waals surface area contributed by atoms with Crippen LogP contribution in [0.25, 0.3) is 11.8 Å². The van der Waals surface area contributed by atoms with Crippen molar-refractivity contribution in [3.8, 4) is 11.4 Å². The number of nitrogens with zero attached hydrogens (tertiary/aromatic N) is 3. The van der Waals surface area contributed by atoms with Gasteiger partial charge < -0.3 is 9.30 Å². The molecule has 1 fully saturated rings. The molecule has 2 aromatic carbocycles. The van der Waals surface area contributed by atoms with Crippen LogP contribution in [0.4, 0.5) is 11.4 Å². The van der Waals surface area contributed by atoms with Crippen molar-refractivity contribution in [1.29, 1.82) is 0 Å². The summed E-state index contributed by atoms with van der Waals surface area (Å²) in [5.41, 5.74) is 4.00. The van der Waals surface area contributed by atoms with E-state index in [-0.39, 0.29) is 16.4 Å². The molecule has 0 saturated carbocycles. The van der Waals surface area contributed by atoms with Gasteiger partial charge in [0.1, 0.15) is 11.3 Å². The molecular weight excluding hydrogens is 492 g/mol. The number of rotatable bonds is 6. The Morgan fingerprint density at radius 1 is 1.08 bits per heavy atom. The van der Waals surface area contributed by atoms with Crippen molar-refractivity contribution in [3.63, 3.8) is 0 Å². The molecule has 190 valence electrons. The van der Waals surface area contributed by atoms with Crippen LogP contribution >= 0.6 is 12.2 Å². The molecule has 3 aromatic rings. The number of amides is 2. The number of aromatic nitrogens is 1. The number of anilines is 1. The van der Waals surface area contributed by atoms with E-state index in [9.17, 15) is 19.7 Å². The fraction of sp³-hybridized carbons (Fsp3) is 0.222. The zero-order valence-corrected chi connectivity index (χ0v) is 21.9. The first kappa shape index (κ1) is 25.8. The highest BCUT2D eigenvalue weighted by atomic mass is 32.1. The van der Waals surface area contributed by atoms with Crippen LogP contribution in [0.5, 0.6) is 5.75 Å². The molecule has 0 bridgehead atoms. The summed E-state index contributed by atoms with van der Waals surface area (Å²) in [5.74, 6) is -0.362. The fourth-order valence-electron chi connectivity index (χ4n) is 4.33. The summed E-state index contributed by atoms with van der Waals surface area (Å²) < 4.78 is 7.23. The number of nitro benzene ring substituents is 1. The molecule has 0 atom stereocenters. The zero-order valence-electron chi connectivity index (χ0n) is 21.1. The predicted octanol–water partition coefficient (Wildman–Crippen LogP) is 4.97. The summed E-state index contributed by atoms with van der Waals surface area (Å²) in [5, 5.41) is 14.0. The van der Waals surface area contributed by atoms with E-state index in [0.29, 0.717) is 34.3 Å². The molecule has 9 nitrogen and oxygen atoms in total. The van der Waals surface area contributed by atoms with E-state index in [4.69, 9.17) is 17.0 Å². The molecule has 0 aliphatic carbocycles. The minimum absolute atomic E-state index is 0.0104. The lowest BCUT2D eigenvalue weighted by atomic mass is 10.0. The number of hydrogen-bond donors (Lipinski definition) is 1. The van der Waals surface area contributed by atoms with E-state index in [2.05, 4.69) is 19.2 Å². The summed E-state index contributed by atoms with van der Waals surface area (Å²) in [6, 6.07) is 13.6. The zero-order chi connectivity index (χ0) is 27.0. The lowest BCUT2D eigenvalue weighted by Gasteiger charge is -2.29. The van der Waals surface area contributed by atoms with E-state index in [1.54, 1.807) is 29.7 Å². The Balaban J connectivity index is 1.77. The number of nitrogens with one attached hydrogen (secondary N) is 1. The molecule has 1 saturated heterocycles. The smallest absolute Gasteiger partial charge is 0.271 e. The number of carbonyl (C=O) groups excluding carboxylic acids is 2. The third kappa shape index (κ3) is 4.75. The van der Waals surface area contributed by atoms with Crippen LogP contribution in [0, 0.1) is 24.0 Å². The van der Waals surface area contributed by atoms with Crippen molar-refractivity contribution in [1.82, 2.24) is 9.88 Å². The largest absolute Gasteiger partial charge is 0.495 e. The van der Waals surface area contributed by atoms with Crippen LogP contribution in [0.1, 0.15) is 42.3 Å². The third-order valence-corrected chi connectivity index (χ3v) is 6.59. The first-order chi connectivity index (χ1) is 17.5. The van der Waals surface area contributed by atoms with E-state index in [0.717, 1.165) is 11.3 Å². The topological polar surface area (TPSA) is 107 Å². The molecule has 1 aromatic heterocycles. The summed E-state index contributed by atoms with van der Waals surface area (Å²) in [4.78, 5) is 38.5. The van der Waals surface area contributed by atoms with E-state index in [1.165, 1.54) is 36.3 Å². The monoisotopic (exact) mass is 518 g/mol. The lowest BCUT2D eigenvalue weighted by Crippen LogP contribution is -2.54. The van der Waals surface area contributed by atoms with Crippen LogP contribution < -0.4 is 15.0 Å². The number of methoxy groups -OCH3 is 1. The maximum Gasteiger partial charge on any atom is 0.271 e. The summed E-state index contributed by atoms with van der Waals surface area (Å²) in [7, 11) is 1.48. The van der Waals surface area contributed by atoms with Gasteiger partial charge in [0.05, 0.1) is 23.4 Å². The third-order valence-electron chi connectivity index (χ3n) is 6.30. The number of non-ortho nitro benzene ring substituents is 1. The summed E-state index contributed by atoms with van der Waals surface area (Å²) >= 11 is 5.31. The predicted molar refractivity (Wildman–Crippen MR) is 145 cm³/mol. The number of thiocarbonyl (C=S) groups is 1. The molecule has 1 aliphatic rings. The molecule has 10 heteroatoms. The van der Waals surface area contributed by atoms with Crippen LogP contribution in [-0.4, -0.2) is 33.5 Å². The van der Waals surface area contributed by atoms with Crippen molar-refractivity contribution in [2.45, 2.75) is 33.6 Å². The maximum atomic E-state index is 13.5. The molecular formula is C27H26N4O5S.